The molecule has 0 bridgehead atoms. The summed E-state index contributed by atoms with van der Waals surface area (Å²) < 4.78 is 0. The fourth-order valence-corrected chi connectivity index (χ4v) is 2.23. The Bertz CT molecular complexity index is 437. The number of carbonyl (C=O) groups excluding carboxylic acids is 1. The van der Waals surface area contributed by atoms with Gasteiger partial charge < -0.3 is 21.7 Å². The molecule has 1 atom stereocenters. The molecule has 0 saturated carbocycles. The fourth-order valence-electron chi connectivity index (χ4n) is 2.23. The number of amides is 1. The molecule has 1 fully saturated rings. The number of nitrogen functional groups attached to an aromatic ring is 2. The summed E-state index contributed by atoms with van der Waals surface area (Å²) in [6.45, 7) is 3.48. The van der Waals surface area contributed by atoms with E-state index in [0.29, 0.717) is 5.82 Å². The normalized spacial score (nSPS) is 17.0. The van der Waals surface area contributed by atoms with Crippen LogP contribution in [0.25, 0.3) is 0 Å². The minimum atomic E-state index is -0.355. The Balaban J connectivity index is 1.99. The molecule has 0 radical (unpaired) electrons. The second-order valence-electron chi connectivity index (χ2n) is 4.79. The number of rotatable bonds is 3. The number of piperidine rings is 1. The molecule has 1 aromatic heterocycles. The van der Waals surface area contributed by atoms with Crippen molar-refractivity contribution in [2.24, 2.45) is 0 Å². The zero-order valence-corrected chi connectivity index (χ0v) is 11.1. The number of anilines is 3. The molecule has 2 heterocycles. The second kappa shape index (κ2) is 5.73. The van der Waals surface area contributed by atoms with Gasteiger partial charge in [0.25, 0.3) is 0 Å². The first-order valence-corrected chi connectivity index (χ1v) is 6.51. The van der Waals surface area contributed by atoms with Crippen molar-refractivity contribution in [3.05, 3.63) is 6.07 Å². The van der Waals surface area contributed by atoms with Gasteiger partial charge in [0, 0.05) is 19.2 Å². The summed E-state index contributed by atoms with van der Waals surface area (Å²) in [5.74, 6) is 0.936. The molecular weight excluding hydrogens is 244 g/mol. The van der Waals surface area contributed by atoms with Gasteiger partial charge in [0.15, 0.2) is 0 Å². The van der Waals surface area contributed by atoms with Crippen molar-refractivity contribution in [1.82, 2.24) is 14.9 Å². The quantitative estimate of drug-likeness (QED) is 0.731. The van der Waals surface area contributed by atoms with Gasteiger partial charge in [0.1, 0.15) is 17.7 Å². The molecule has 104 valence electrons. The summed E-state index contributed by atoms with van der Waals surface area (Å²) >= 11 is 0. The van der Waals surface area contributed by atoms with Crippen LogP contribution >= 0.6 is 0 Å². The maximum absolute atomic E-state index is 12.2. The lowest BCUT2D eigenvalue weighted by molar-refractivity contribution is -0.132. The highest BCUT2D eigenvalue weighted by Gasteiger charge is 2.22. The molecule has 1 aliphatic heterocycles. The van der Waals surface area contributed by atoms with Crippen molar-refractivity contribution in [3.8, 4) is 0 Å². The molecular formula is C12H20N6O. The van der Waals surface area contributed by atoms with Gasteiger partial charge in [-0.3, -0.25) is 4.79 Å². The van der Waals surface area contributed by atoms with Gasteiger partial charge in [-0.1, -0.05) is 0 Å². The topological polar surface area (TPSA) is 110 Å². The standard InChI is InChI=1S/C12H20N6O/c1-8(11(19)18-5-3-2-4-6-18)15-10-7-9(13)16-12(14)17-10/h7-8H,2-6H2,1H3,(H5,13,14,15,16,17). The van der Waals surface area contributed by atoms with Crippen molar-refractivity contribution in [1.29, 1.82) is 0 Å². The number of nitrogens with zero attached hydrogens (tertiary/aromatic N) is 3. The number of likely N-dealkylation sites (tertiary alicyclic amines) is 1. The molecule has 1 aliphatic rings. The Morgan fingerprint density at radius 3 is 2.63 bits per heavy atom. The Hall–Kier alpha value is -2.05. The van der Waals surface area contributed by atoms with E-state index < -0.39 is 0 Å². The van der Waals surface area contributed by atoms with E-state index in [0.717, 1.165) is 25.9 Å². The summed E-state index contributed by atoms with van der Waals surface area (Å²) in [7, 11) is 0. The van der Waals surface area contributed by atoms with Gasteiger partial charge in [-0.05, 0) is 26.2 Å². The lowest BCUT2D eigenvalue weighted by Gasteiger charge is -2.29. The average molecular weight is 264 g/mol. The van der Waals surface area contributed by atoms with Crippen LogP contribution in [0.2, 0.25) is 0 Å². The Kier molecular flexibility index (Phi) is 4.03. The highest BCUT2D eigenvalue weighted by molar-refractivity contribution is 5.84. The van der Waals surface area contributed by atoms with Crippen LogP contribution < -0.4 is 16.8 Å². The average Bonchev–Trinajstić information content (AvgIpc) is 2.37. The third kappa shape index (κ3) is 3.46. The van der Waals surface area contributed by atoms with Gasteiger partial charge in [-0.2, -0.15) is 9.97 Å². The van der Waals surface area contributed by atoms with Gasteiger partial charge >= 0.3 is 0 Å². The van der Waals surface area contributed by atoms with Gasteiger partial charge in [-0.15, -0.1) is 0 Å². The predicted molar refractivity (Wildman–Crippen MR) is 74.4 cm³/mol. The van der Waals surface area contributed by atoms with Gasteiger partial charge in [0.05, 0.1) is 0 Å². The highest BCUT2D eigenvalue weighted by atomic mass is 16.2. The van der Waals surface area contributed by atoms with Gasteiger partial charge in [-0.25, -0.2) is 0 Å². The van der Waals surface area contributed by atoms with Crippen LogP contribution in [0.4, 0.5) is 17.6 Å². The lowest BCUT2D eigenvalue weighted by atomic mass is 10.1. The first kappa shape index (κ1) is 13.4. The number of hydrogen-bond acceptors (Lipinski definition) is 6. The van der Waals surface area contributed by atoms with E-state index in [1.165, 1.54) is 6.42 Å². The van der Waals surface area contributed by atoms with Crippen LogP contribution in [-0.2, 0) is 4.79 Å². The largest absolute Gasteiger partial charge is 0.383 e. The van der Waals surface area contributed by atoms with E-state index in [4.69, 9.17) is 11.5 Å². The molecule has 19 heavy (non-hydrogen) atoms. The first-order chi connectivity index (χ1) is 9.06. The molecule has 5 N–H and O–H groups in total. The Morgan fingerprint density at radius 2 is 2.00 bits per heavy atom. The summed E-state index contributed by atoms with van der Waals surface area (Å²) in [6.07, 6.45) is 3.35. The maximum Gasteiger partial charge on any atom is 0.244 e. The molecule has 1 saturated heterocycles. The molecule has 2 rings (SSSR count). The van der Waals surface area contributed by atoms with Gasteiger partial charge in [0.2, 0.25) is 11.9 Å². The zero-order valence-electron chi connectivity index (χ0n) is 11.1. The SMILES string of the molecule is CC(Nc1cc(N)nc(N)n1)C(=O)N1CCCCC1. The van der Waals surface area contributed by atoms with Crippen molar-refractivity contribution in [2.45, 2.75) is 32.2 Å². The summed E-state index contributed by atoms with van der Waals surface area (Å²) in [5, 5.41) is 3.02. The molecule has 1 aromatic rings. The molecule has 0 spiro atoms. The van der Waals surface area contributed by atoms with E-state index in [1.54, 1.807) is 6.07 Å². The third-order valence-corrected chi connectivity index (χ3v) is 3.17. The van der Waals surface area contributed by atoms with Crippen molar-refractivity contribution >= 4 is 23.5 Å². The molecule has 7 heteroatoms. The third-order valence-electron chi connectivity index (χ3n) is 3.17. The molecule has 7 nitrogen and oxygen atoms in total. The summed E-state index contributed by atoms with van der Waals surface area (Å²) in [6, 6.07) is 1.21. The van der Waals surface area contributed by atoms with E-state index in [-0.39, 0.29) is 23.7 Å². The van der Waals surface area contributed by atoms with E-state index in [9.17, 15) is 4.79 Å². The number of aromatic nitrogens is 2. The summed E-state index contributed by atoms with van der Waals surface area (Å²) in [5.41, 5.74) is 11.1. The van der Waals surface area contributed by atoms with Crippen LogP contribution in [0.3, 0.4) is 0 Å². The number of hydrogen-bond donors (Lipinski definition) is 3. The Labute approximate surface area is 112 Å². The van der Waals surface area contributed by atoms with E-state index in [2.05, 4.69) is 15.3 Å². The zero-order chi connectivity index (χ0) is 13.8. The van der Waals surface area contributed by atoms with Crippen LogP contribution in [-0.4, -0.2) is 39.9 Å². The molecule has 0 aromatic carbocycles. The predicted octanol–water partition coefficient (Wildman–Crippen LogP) is 0.454. The molecule has 1 unspecified atom stereocenters. The van der Waals surface area contributed by atoms with Crippen LogP contribution in [0.5, 0.6) is 0 Å². The second-order valence-corrected chi connectivity index (χ2v) is 4.79. The number of carbonyl (C=O) groups is 1. The Morgan fingerprint density at radius 1 is 1.32 bits per heavy atom. The van der Waals surface area contributed by atoms with Crippen LogP contribution in [0.15, 0.2) is 6.07 Å². The number of nitrogens with one attached hydrogen (secondary N) is 1. The highest BCUT2D eigenvalue weighted by Crippen LogP contribution is 2.14. The number of nitrogens with two attached hydrogens (primary N) is 2. The van der Waals surface area contributed by atoms with E-state index >= 15 is 0 Å². The monoisotopic (exact) mass is 264 g/mol. The minimum Gasteiger partial charge on any atom is -0.383 e. The maximum atomic E-state index is 12.2. The van der Waals surface area contributed by atoms with Crippen molar-refractivity contribution < 1.29 is 4.79 Å². The van der Waals surface area contributed by atoms with Crippen molar-refractivity contribution in [3.63, 3.8) is 0 Å². The van der Waals surface area contributed by atoms with Crippen LogP contribution in [0, 0.1) is 0 Å². The van der Waals surface area contributed by atoms with E-state index in [1.807, 2.05) is 11.8 Å². The molecule has 1 amide bonds. The minimum absolute atomic E-state index is 0.0791. The molecule has 0 aliphatic carbocycles. The smallest absolute Gasteiger partial charge is 0.244 e. The van der Waals surface area contributed by atoms with Crippen molar-refractivity contribution in [2.75, 3.05) is 29.9 Å². The first-order valence-electron chi connectivity index (χ1n) is 6.51. The van der Waals surface area contributed by atoms with Crippen LogP contribution in [0.1, 0.15) is 26.2 Å². The fraction of sp³-hybridized carbons (Fsp3) is 0.583. The lowest BCUT2D eigenvalue weighted by Crippen LogP contribution is -2.44. The summed E-state index contributed by atoms with van der Waals surface area (Å²) in [4.78, 5) is 21.9.